The van der Waals surface area contributed by atoms with Gasteiger partial charge in [-0.15, -0.1) is 0 Å². The van der Waals surface area contributed by atoms with Crippen molar-refractivity contribution in [3.63, 3.8) is 0 Å². The molecule has 0 fully saturated rings. The molecule has 0 saturated heterocycles. The van der Waals surface area contributed by atoms with Gasteiger partial charge in [-0.2, -0.15) is 0 Å². The van der Waals surface area contributed by atoms with Crippen LogP contribution >= 0.6 is 0 Å². The van der Waals surface area contributed by atoms with E-state index in [2.05, 4.69) is 49.7 Å². The van der Waals surface area contributed by atoms with Gasteiger partial charge in [0.05, 0.1) is 5.69 Å². The summed E-state index contributed by atoms with van der Waals surface area (Å²) in [6.07, 6.45) is 4.29. The molecule has 1 aromatic carbocycles. The van der Waals surface area contributed by atoms with Gasteiger partial charge in [-0.1, -0.05) is 50.8 Å². The molecule has 1 aromatic heterocycles. The van der Waals surface area contributed by atoms with Crippen LogP contribution in [0.3, 0.4) is 0 Å². The minimum atomic E-state index is 0.0185. The van der Waals surface area contributed by atoms with E-state index in [1.165, 1.54) is 30.5 Å². The van der Waals surface area contributed by atoms with Crippen LogP contribution in [0.25, 0.3) is 11.3 Å². The molecule has 2 rings (SSSR count). The van der Waals surface area contributed by atoms with Crippen LogP contribution in [-0.2, 0) is 4.79 Å². The first-order valence-corrected chi connectivity index (χ1v) is 7.22. The fraction of sp³-hybridized carbons (Fsp3) is 0.263. The SMILES string of the molecule is C=CC(C)=O.CCC(C)c1ccc(-c2ccccn2)cc1. The highest BCUT2D eigenvalue weighted by atomic mass is 16.1. The minimum absolute atomic E-state index is 0.0185. The highest BCUT2D eigenvalue weighted by Gasteiger charge is 2.03. The lowest BCUT2D eigenvalue weighted by Crippen LogP contribution is -1.91. The standard InChI is InChI=1S/C15H17N.C4H6O/c1-3-12(2)13-7-9-14(10-8-13)15-6-4-5-11-16-15;1-3-4(2)5/h4-12H,3H2,1-2H3;3H,1H2,2H3. The molecule has 1 heterocycles. The number of ketones is 1. The van der Waals surface area contributed by atoms with Crippen molar-refractivity contribution in [3.05, 3.63) is 66.9 Å². The third kappa shape index (κ3) is 5.74. The van der Waals surface area contributed by atoms with E-state index in [1.807, 2.05) is 24.4 Å². The molecule has 0 amide bonds. The molecule has 2 nitrogen and oxygen atoms in total. The zero-order chi connectivity index (χ0) is 15.7. The summed E-state index contributed by atoms with van der Waals surface area (Å²) in [5, 5.41) is 0. The first-order valence-electron chi connectivity index (χ1n) is 7.22. The second-order valence-electron chi connectivity index (χ2n) is 4.96. The first-order chi connectivity index (χ1) is 10.1. The van der Waals surface area contributed by atoms with Crippen molar-refractivity contribution in [2.45, 2.75) is 33.1 Å². The lowest BCUT2D eigenvalue weighted by Gasteiger charge is -2.09. The number of carbonyl (C=O) groups is 1. The number of hydrogen-bond donors (Lipinski definition) is 0. The Morgan fingerprint density at radius 3 is 2.29 bits per heavy atom. The fourth-order valence-electron chi connectivity index (χ4n) is 1.75. The van der Waals surface area contributed by atoms with Crippen LogP contribution in [0.4, 0.5) is 0 Å². The Labute approximate surface area is 127 Å². The van der Waals surface area contributed by atoms with Gasteiger partial charge in [0, 0.05) is 11.8 Å². The van der Waals surface area contributed by atoms with Gasteiger partial charge in [0.25, 0.3) is 0 Å². The van der Waals surface area contributed by atoms with Gasteiger partial charge >= 0.3 is 0 Å². The maximum absolute atomic E-state index is 9.69. The molecule has 0 aliphatic carbocycles. The third-order valence-corrected chi connectivity index (χ3v) is 3.34. The maximum atomic E-state index is 9.69. The van der Waals surface area contributed by atoms with Gasteiger partial charge in [0.1, 0.15) is 0 Å². The van der Waals surface area contributed by atoms with Crippen molar-refractivity contribution in [1.29, 1.82) is 0 Å². The Morgan fingerprint density at radius 2 is 1.86 bits per heavy atom. The summed E-state index contributed by atoms with van der Waals surface area (Å²) in [5.74, 6) is 0.655. The lowest BCUT2D eigenvalue weighted by atomic mass is 9.97. The molecule has 1 unspecified atom stereocenters. The second-order valence-corrected chi connectivity index (χ2v) is 4.96. The number of hydrogen-bond acceptors (Lipinski definition) is 2. The molecule has 0 bridgehead atoms. The summed E-state index contributed by atoms with van der Waals surface area (Å²) in [4.78, 5) is 14.0. The molecule has 2 heteroatoms. The zero-order valence-corrected chi connectivity index (χ0v) is 13.0. The van der Waals surface area contributed by atoms with Crippen LogP contribution in [0.1, 0.15) is 38.7 Å². The number of rotatable bonds is 4. The molecule has 0 aliphatic rings. The van der Waals surface area contributed by atoms with E-state index in [0.717, 1.165) is 5.69 Å². The van der Waals surface area contributed by atoms with E-state index < -0.39 is 0 Å². The summed E-state index contributed by atoms with van der Waals surface area (Å²) >= 11 is 0. The molecule has 21 heavy (non-hydrogen) atoms. The molecule has 0 spiro atoms. The smallest absolute Gasteiger partial charge is 0.152 e. The molecule has 110 valence electrons. The summed E-state index contributed by atoms with van der Waals surface area (Å²) in [5.41, 5.74) is 3.63. The van der Waals surface area contributed by atoms with Gasteiger partial charge < -0.3 is 0 Å². The van der Waals surface area contributed by atoms with Gasteiger partial charge in [-0.3, -0.25) is 9.78 Å². The number of nitrogens with zero attached hydrogens (tertiary/aromatic N) is 1. The molecular weight excluding hydrogens is 258 g/mol. The molecule has 0 saturated carbocycles. The molecule has 0 N–H and O–H groups in total. The van der Waals surface area contributed by atoms with E-state index >= 15 is 0 Å². The van der Waals surface area contributed by atoms with Crippen molar-refractivity contribution >= 4 is 5.78 Å². The summed E-state index contributed by atoms with van der Waals surface area (Å²) < 4.78 is 0. The maximum Gasteiger partial charge on any atom is 0.152 e. The normalized spacial score (nSPS) is 11.0. The van der Waals surface area contributed by atoms with Crippen LogP contribution in [0.5, 0.6) is 0 Å². The lowest BCUT2D eigenvalue weighted by molar-refractivity contribution is -0.112. The predicted molar refractivity (Wildman–Crippen MR) is 89.3 cm³/mol. The monoisotopic (exact) mass is 281 g/mol. The van der Waals surface area contributed by atoms with Crippen LogP contribution in [-0.4, -0.2) is 10.8 Å². The van der Waals surface area contributed by atoms with E-state index in [0.29, 0.717) is 5.92 Å². The first kappa shape index (κ1) is 16.8. The van der Waals surface area contributed by atoms with Crippen LogP contribution in [0.2, 0.25) is 0 Å². The van der Waals surface area contributed by atoms with E-state index in [1.54, 1.807) is 0 Å². The highest BCUT2D eigenvalue weighted by Crippen LogP contribution is 2.22. The molecule has 0 radical (unpaired) electrons. The average molecular weight is 281 g/mol. The van der Waals surface area contributed by atoms with E-state index in [4.69, 9.17) is 0 Å². The topological polar surface area (TPSA) is 30.0 Å². The average Bonchev–Trinajstić information content (AvgIpc) is 2.55. The Balaban J connectivity index is 0.000000383. The number of allylic oxidation sites excluding steroid dienone is 1. The van der Waals surface area contributed by atoms with Crippen molar-refractivity contribution < 1.29 is 4.79 Å². The zero-order valence-electron chi connectivity index (χ0n) is 13.0. The van der Waals surface area contributed by atoms with Gasteiger partial charge in [-0.05, 0) is 43.0 Å². The summed E-state index contributed by atoms with van der Waals surface area (Å²) in [6, 6.07) is 14.7. The Morgan fingerprint density at radius 1 is 1.24 bits per heavy atom. The highest BCUT2D eigenvalue weighted by molar-refractivity contribution is 5.86. The number of pyridine rings is 1. The van der Waals surface area contributed by atoms with Crippen LogP contribution in [0.15, 0.2) is 61.3 Å². The summed E-state index contributed by atoms with van der Waals surface area (Å²) in [6.45, 7) is 9.16. The summed E-state index contributed by atoms with van der Waals surface area (Å²) in [7, 11) is 0. The molecular formula is C19H23NO. The number of benzene rings is 1. The molecule has 2 aromatic rings. The van der Waals surface area contributed by atoms with Crippen molar-refractivity contribution in [1.82, 2.24) is 4.98 Å². The van der Waals surface area contributed by atoms with Crippen molar-refractivity contribution in [2.24, 2.45) is 0 Å². The van der Waals surface area contributed by atoms with Crippen LogP contribution in [0, 0.1) is 0 Å². The second kappa shape index (κ2) is 8.85. The van der Waals surface area contributed by atoms with Gasteiger partial charge in [0.2, 0.25) is 0 Å². The van der Waals surface area contributed by atoms with E-state index in [-0.39, 0.29) is 5.78 Å². The third-order valence-electron chi connectivity index (χ3n) is 3.34. The van der Waals surface area contributed by atoms with Crippen molar-refractivity contribution in [3.8, 4) is 11.3 Å². The minimum Gasteiger partial charge on any atom is -0.295 e. The predicted octanol–water partition coefficient (Wildman–Crippen LogP) is 5.02. The molecule has 1 atom stereocenters. The Kier molecular flexibility index (Phi) is 7.10. The number of aromatic nitrogens is 1. The van der Waals surface area contributed by atoms with Gasteiger partial charge in [0.15, 0.2) is 5.78 Å². The quantitative estimate of drug-likeness (QED) is 0.736. The van der Waals surface area contributed by atoms with Crippen LogP contribution < -0.4 is 0 Å². The fourth-order valence-corrected chi connectivity index (χ4v) is 1.75. The van der Waals surface area contributed by atoms with E-state index in [9.17, 15) is 4.79 Å². The van der Waals surface area contributed by atoms with Crippen molar-refractivity contribution in [2.75, 3.05) is 0 Å². The Bertz CT molecular complexity index is 558. The number of carbonyl (C=O) groups excluding carboxylic acids is 1. The van der Waals surface area contributed by atoms with Gasteiger partial charge in [-0.25, -0.2) is 0 Å². The Hall–Kier alpha value is -2.22. The molecule has 0 aliphatic heterocycles. The largest absolute Gasteiger partial charge is 0.295 e.